The average Bonchev–Trinajstić information content (AvgIpc) is 2.55. The lowest BCUT2D eigenvalue weighted by Gasteiger charge is -2.20. The summed E-state index contributed by atoms with van der Waals surface area (Å²) in [5.74, 6) is -4.78. The monoisotopic (exact) mass is 447 g/mol. The number of carboxylic acid groups (broad SMARTS) is 2. The lowest BCUT2D eigenvalue weighted by molar-refractivity contribution is -0.142. The van der Waals surface area contributed by atoms with E-state index in [0.29, 0.717) is 0 Å². The molecule has 0 heterocycles. The Hall–Kier alpha value is -1.55. The van der Waals surface area contributed by atoms with Crippen LogP contribution in [0.2, 0.25) is 0 Å². The maximum absolute atomic E-state index is 12.2. The summed E-state index contributed by atoms with van der Waals surface area (Å²) < 4.78 is 29.7. The van der Waals surface area contributed by atoms with Gasteiger partial charge in [-0.05, 0) is 6.42 Å². The van der Waals surface area contributed by atoms with Gasteiger partial charge in [0.2, 0.25) is 11.8 Å². The van der Waals surface area contributed by atoms with Gasteiger partial charge in [-0.1, -0.05) is 21.6 Å². The molecule has 0 fully saturated rings. The van der Waals surface area contributed by atoms with Crippen molar-refractivity contribution in [2.75, 3.05) is 23.8 Å². The van der Waals surface area contributed by atoms with Gasteiger partial charge in [0.1, 0.15) is 12.1 Å². The first-order chi connectivity index (χ1) is 12.5. The summed E-state index contributed by atoms with van der Waals surface area (Å²) in [6.07, 6.45) is -0.684. The third kappa shape index (κ3) is 13.3. The molecule has 2 atom stereocenters. The average molecular weight is 448 g/mol. The fraction of sp³-hybridized carbons (Fsp3) is 0.667. The van der Waals surface area contributed by atoms with Crippen LogP contribution in [0.25, 0.3) is 0 Å². The zero-order valence-electron chi connectivity index (χ0n) is 14.0. The molecule has 7 N–H and O–H groups in total. The van der Waals surface area contributed by atoms with Gasteiger partial charge in [0, 0.05) is 17.9 Å². The van der Waals surface area contributed by atoms with Crippen LogP contribution in [-0.4, -0.2) is 82.8 Å². The van der Waals surface area contributed by atoms with Crippen LogP contribution in [0, 0.1) is 0 Å². The molecule has 12 nitrogen and oxygen atoms in total. The summed E-state index contributed by atoms with van der Waals surface area (Å²) in [6.45, 7) is -0.431. The number of aliphatic carboxylic acids is 2. The van der Waals surface area contributed by atoms with Crippen molar-refractivity contribution < 1.29 is 42.4 Å². The number of nitrogens with one attached hydrogen (secondary N) is 2. The van der Waals surface area contributed by atoms with Crippen LogP contribution in [0.4, 0.5) is 0 Å². The van der Waals surface area contributed by atoms with Crippen molar-refractivity contribution in [3.63, 3.8) is 0 Å². The summed E-state index contributed by atoms with van der Waals surface area (Å²) in [5, 5.41) is 22.3. The highest BCUT2D eigenvalue weighted by molar-refractivity contribution is 8.76. The van der Waals surface area contributed by atoms with Crippen LogP contribution in [0.3, 0.4) is 0 Å². The van der Waals surface area contributed by atoms with Gasteiger partial charge in [-0.3, -0.25) is 18.9 Å². The Balaban J connectivity index is 4.71. The van der Waals surface area contributed by atoms with Crippen LogP contribution in [0.15, 0.2) is 0 Å². The molecular formula is C12H21N3O9S3. The topological polar surface area (TPSA) is 213 Å². The Labute approximate surface area is 163 Å². The fourth-order valence-electron chi connectivity index (χ4n) is 1.55. The number of hydrogen-bond acceptors (Lipinski definition) is 9. The molecule has 0 bridgehead atoms. The number of carbonyl (C=O) groups excluding carboxylic acids is 2. The second kappa shape index (κ2) is 12.8. The molecule has 27 heavy (non-hydrogen) atoms. The molecule has 0 aromatic rings. The quantitative estimate of drug-likeness (QED) is 0.0981. The molecule has 0 aliphatic heterocycles. The molecule has 0 aromatic heterocycles. The molecular weight excluding hydrogens is 426 g/mol. The van der Waals surface area contributed by atoms with Crippen LogP contribution < -0.4 is 16.4 Å². The third-order valence-electron chi connectivity index (χ3n) is 2.84. The predicted molar refractivity (Wildman–Crippen MR) is 98.8 cm³/mol. The van der Waals surface area contributed by atoms with E-state index in [1.54, 1.807) is 0 Å². The minimum atomic E-state index is -4.12. The highest BCUT2D eigenvalue weighted by Crippen LogP contribution is 2.22. The summed E-state index contributed by atoms with van der Waals surface area (Å²) in [5.41, 5.74) is 5.13. The maximum atomic E-state index is 12.2. The SMILES string of the molecule is NCC(=O)N[C@@H](CCC(=O)O)C(=O)N[C@@H](CSSCCS(=O)(=O)O)C(=O)O. The molecule has 0 saturated carbocycles. The molecule has 15 heteroatoms. The van der Waals surface area contributed by atoms with Gasteiger partial charge >= 0.3 is 11.9 Å². The first kappa shape index (κ1) is 25.4. The number of rotatable bonds is 14. The van der Waals surface area contributed by atoms with Gasteiger partial charge in [-0.25, -0.2) is 4.79 Å². The van der Waals surface area contributed by atoms with E-state index in [1.807, 2.05) is 0 Å². The Morgan fingerprint density at radius 1 is 1.04 bits per heavy atom. The van der Waals surface area contributed by atoms with Crippen molar-refractivity contribution in [3.05, 3.63) is 0 Å². The van der Waals surface area contributed by atoms with Crippen LogP contribution in [0.5, 0.6) is 0 Å². The zero-order valence-corrected chi connectivity index (χ0v) is 16.4. The third-order valence-corrected chi connectivity index (χ3v) is 6.23. The maximum Gasteiger partial charge on any atom is 0.327 e. The largest absolute Gasteiger partial charge is 0.481 e. The van der Waals surface area contributed by atoms with E-state index < -0.39 is 64.7 Å². The van der Waals surface area contributed by atoms with Crippen LogP contribution >= 0.6 is 21.6 Å². The molecule has 0 aliphatic rings. The summed E-state index contributed by atoms with van der Waals surface area (Å²) >= 11 is 0. The first-order valence-electron chi connectivity index (χ1n) is 7.40. The number of amides is 2. The van der Waals surface area contributed by atoms with Crippen molar-refractivity contribution in [1.82, 2.24) is 10.6 Å². The summed E-state index contributed by atoms with van der Waals surface area (Å²) in [4.78, 5) is 45.5. The van der Waals surface area contributed by atoms with E-state index in [1.165, 1.54) is 0 Å². The normalized spacial score (nSPS) is 13.4. The van der Waals surface area contributed by atoms with E-state index >= 15 is 0 Å². The van der Waals surface area contributed by atoms with Gasteiger partial charge in [0.05, 0.1) is 12.3 Å². The van der Waals surface area contributed by atoms with Crippen molar-refractivity contribution in [2.24, 2.45) is 5.73 Å². The van der Waals surface area contributed by atoms with Gasteiger partial charge in [-0.15, -0.1) is 0 Å². The molecule has 2 amide bonds. The van der Waals surface area contributed by atoms with Crippen molar-refractivity contribution >= 4 is 55.5 Å². The predicted octanol–water partition coefficient (Wildman–Crippen LogP) is -1.87. The minimum Gasteiger partial charge on any atom is -0.481 e. The molecule has 156 valence electrons. The van der Waals surface area contributed by atoms with E-state index in [2.05, 4.69) is 10.6 Å². The van der Waals surface area contributed by atoms with E-state index in [9.17, 15) is 27.6 Å². The molecule has 0 saturated heterocycles. The van der Waals surface area contributed by atoms with Gasteiger partial charge in [-0.2, -0.15) is 8.42 Å². The second-order valence-electron chi connectivity index (χ2n) is 5.05. The molecule has 0 aliphatic carbocycles. The molecule has 0 unspecified atom stereocenters. The van der Waals surface area contributed by atoms with Gasteiger partial charge in [0.25, 0.3) is 10.1 Å². The smallest absolute Gasteiger partial charge is 0.327 e. The molecule has 0 aromatic carbocycles. The standard InChI is InChI=1S/C12H21N3O9S3/c13-5-9(16)14-7(1-2-10(17)18)11(19)15-8(12(20)21)6-26-25-3-4-27(22,23)24/h7-8H,1-6,13H2,(H,14,16)(H,15,19)(H,17,18)(H,20,21)(H,22,23,24)/t7-,8-/m0/s1. The molecule has 0 spiro atoms. The van der Waals surface area contributed by atoms with E-state index in [4.69, 9.17) is 20.5 Å². The van der Waals surface area contributed by atoms with Gasteiger partial charge < -0.3 is 26.6 Å². The summed E-state index contributed by atoms with van der Waals surface area (Å²) in [7, 11) is -2.16. The van der Waals surface area contributed by atoms with Crippen molar-refractivity contribution in [3.8, 4) is 0 Å². The Kier molecular flexibility index (Phi) is 12.0. The molecule has 0 radical (unpaired) electrons. The van der Waals surface area contributed by atoms with Crippen LogP contribution in [-0.2, 0) is 29.3 Å². The summed E-state index contributed by atoms with van der Waals surface area (Å²) in [6, 6.07) is -2.63. The lowest BCUT2D eigenvalue weighted by Crippen LogP contribution is -2.53. The van der Waals surface area contributed by atoms with Crippen molar-refractivity contribution in [2.45, 2.75) is 24.9 Å². The minimum absolute atomic E-state index is 0.0115. The number of carbonyl (C=O) groups is 4. The highest BCUT2D eigenvalue weighted by Gasteiger charge is 2.27. The number of nitrogens with two attached hydrogens (primary N) is 1. The fourth-order valence-corrected chi connectivity index (χ4v) is 4.90. The first-order valence-corrected chi connectivity index (χ1v) is 11.5. The van der Waals surface area contributed by atoms with Gasteiger partial charge in [0.15, 0.2) is 0 Å². The Morgan fingerprint density at radius 2 is 1.67 bits per heavy atom. The Bertz CT molecular complexity index is 641. The lowest BCUT2D eigenvalue weighted by atomic mass is 10.1. The zero-order chi connectivity index (χ0) is 21.0. The molecule has 0 rings (SSSR count). The van der Waals surface area contributed by atoms with Crippen molar-refractivity contribution in [1.29, 1.82) is 0 Å². The number of carboxylic acids is 2. The van der Waals surface area contributed by atoms with E-state index in [0.717, 1.165) is 21.6 Å². The van der Waals surface area contributed by atoms with Crippen LogP contribution in [0.1, 0.15) is 12.8 Å². The second-order valence-corrected chi connectivity index (χ2v) is 9.25. The highest BCUT2D eigenvalue weighted by atomic mass is 33.1. The van der Waals surface area contributed by atoms with E-state index in [-0.39, 0.29) is 17.9 Å². The number of hydrogen-bond donors (Lipinski definition) is 6. The Morgan fingerprint density at radius 3 is 2.15 bits per heavy atom.